The summed E-state index contributed by atoms with van der Waals surface area (Å²) in [5.41, 5.74) is 5.20. The SMILES string of the molecule is Fc1ccc(C=Nc2ccc3nc(SC(c4ccccc4)c4ccccc4)sc3c2)cc1. The second-order valence-corrected chi connectivity index (χ2v) is 9.64. The maximum absolute atomic E-state index is 13.1. The largest absolute Gasteiger partial charge is 0.256 e. The van der Waals surface area contributed by atoms with Gasteiger partial charge in [0.25, 0.3) is 0 Å². The Morgan fingerprint density at radius 2 is 1.47 bits per heavy atom. The molecular weight excluding hydrogens is 435 g/mol. The summed E-state index contributed by atoms with van der Waals surface area (Å²) in [7, 11) is 0. The predicted molar refractivity (Wildman–Crippen MR) is 134 cm³/mol. The molecule has 5 rings (SSSR count). The molecule has 4 aromatic carbocycles. The van der Waals surface area contributed by atoms with Crippen molar-refractivity contribution in [3.05, 3.63) is 126 Å². The van der Waals surface area contributed by atoms with Crippen LogP contribution >= 0.6 is 23.1 Å². The second kappa shape index (κ2) is 9.47. The summed E-state index contributed by atoms with van der Waals surface area (Å²) in [4.78, 5) is 9.41. The van der Waals surface area contributed by atoms with Crippen LogP contribution in [0.1, 0.15) is 21.9 Å². The minimum Gasteiger partial charge on any atom is -0.256 e. The van der Waals surface area contributed by atoms with Crippen molar-refractivity contribution in [1.29, 1.82) is 0 Å². The Balaban J connectivity index is 1.42. The summed E-state index contributed by atoms with van der Waals surface area (Å²) in [6, 6.07) is 33.4. The first-order chi connectivity index (χ1) is 15.7. The maximum atomic E-state index is 13.1. The van der Waals surface area contributed by atoms with Gasteiger partial charge >= 0.3 is 0 Å². The van der Waals surface area contributed by atoms with Crippen molar-refractivity contribution in [2.45, 2.75) is 9.59 Å². The highest BCUT2D eigenvalue weighted by Crippen LogP contribution is 2.43. The highest BCUT2D eigenvalue weighted by Gasteiger charge is 2.18. The molecule has 0 N–H and O–H groups in total. The zero-order chi connectivity index (χ0) is 21.8. The maximum Gasteiger partial charge on any atom is 0.152 e. The van der Waals surface area contributed by atoms with Crippen LogP contribution in [0.25, 0.3) is 10.2 Å². The smallest absolute Gasteiger partial charge is 0.152 e. The minimum atomic E-state index is -0.248. The molecule has 156 valence electrons. The van der Waals surface area contributed by atoms with Gasteiger partial charge in [0.1, 0.15) is 5.82 Å². The van der Waals surface area contributed by atoms with Crippen molar-refractivity contribution in [2.75, 3.05) is 0 Å². The fourth-order valence-electron chi connectivity index (χ4n) is 3.41. The lowest BCUT2D eigenvalue weighted by Crippen LogP contribution is -1.96. The van der Waals surface area contributed by atoms with Gasteiger partial charge in [-0.15, -0.1) is 11.3 Å². The van der Waals surface area contributed by atoms with E-state index in [2.05, 4.69) is 59.6 Å². The number of thioether (sulfide) groups is 1. The molecular formula is C27H19FN2S2. The van der Waals surface area contributed by atoms with Gasteiger partial charge in [0, 0.05) is 6.21 Å². The molecule has 0 unspecified atom stereocenters. The lowest BCUT2D eigenvalue weighted by molar-refractivity contribution is 0.628. The van der Waals surface area contributed by atoms with Crippen molar-refractivity contribution in [3.63, 3.8) is 0 Å². The van der Waals surface area contributed by atoms with Crippen LogP contribution in [0.5, 0.6) is 0 Å². The van der Waals surface area contributed by atoms with Gasteiger partial charge in [-0.2, -0.15) is 0 Å². The minimum absolute atomic E-state index is 0.175. The average Bonchev–Trinajstić information content (AvgIpc) is 3.25. The number of benzene rings is 4. The normalized spacial score (nSPS) is 11.6. The zero-order valence-corrected chi connectivity index (χ0v) is 18.7. The molecule has 0 saturated heterocycles. The molecule has 0 spiro atoms. The third kappa shape index (κ3) is 4.79. The average molecular weight is 455 g/mol. The highest BCUT2D eigenvalue weighted by atomic mass is 32.2. The molecule has 1 aromatic heterocycles. The number of rotatable bonds is 6. The molecule has 0 aliphatic rings. The zero-order valence-electron chi connectivity index (χ0n) is 17.1. The van der Waals surface area contributed by atoms with E-state index in [0.717, 1.165) is 25.8 Å². The molecule has 0 atom stereocenters. The van der Waals surface area contributed by atoms with Crippen LogP contribution < -0.4 is 0 Å². The Kier molecular flexibility index (Phi) is 6.10. The molecule has 0 bridgehead atoms. The third-order valence-corrected chi connectivity index (χ3v) is 7.43. The van der Waals surface area contributed by atoms with Crippen LogP contribution in [-0.2, 0) is 0 Å². The van der Waals surface area contributed by atoms with Gasteiger partial charge in [-0.1, -0.05) is 84.6 Å². The topological polar surface area (TPSA) is 25.2 Å². The number of nitrogens with zero attached hydrogens (tertiary/aromatic N) is 2. The Morgan fingerprint density at radius 3 is 2.12 bits per heavy atom. The van der Waals surface area contributed by atoms with Crippen molar-refractivity contribution < 1.29 is 4.39 Å². The molecule has 0 aliphatic carbocycles. The van der Waals surface area contributed by atoms with E-state index in [9.17, 15) is 4.39 Å². The summed E-state index contributed by atoms with van der Waals surface area (Å²) >= 11 is 3.45. The van der Waals surface area contributed by atoms with Crippen LogP contribution in [-0.4, -0.2) is 11.2 Å². The third-order valence-electron chi connectivity index (χ3n) is 5.01. The van der Waals surface area contributed by atoms with Crippen LogP contribution in [0.4, 0.5) is 10.1 Å². The van der Waals surface area contributed by atoms with E-state index >= 15 is 0 Å². The number of aliphatic imine (C=N–C) groups is 1. The quantitative estimate of drug-likeness (QED) is 0.191. The summed E-state index contributed by atoms with van der Waals surface area (Å²) < 4.78 is 15.2. The molecule has 5 aromatic rings. The van der Waals surface area contributed by atoms with Crippen LogP contribution in [0.3, 0.4) is 0 Å². The molecule has 0 fully saturated rings. The molecule has 0 saturated carbocycles. The first-order valence-electron chi connectivity index (χ1n) is 10.2. The van der Waals surface area contributed by atoms with E-state index in [4.69, 9.17) is 4.98 Å². The number of hydrogen-bond donors (Lipinski definition) is 0. The van der Waals surface area contributed by atoms with Crippen LogP contribution in [0.15, 0.2) is 112 Å². The van der Waals surface area contributed by atoms with E-state index in [0.29, 0.717) is 0 Å². The van der Waals surface area contributed by atoms with Crippen molar-refractivity contribution in [2.24, 2.45) is 4.99 Å². The standard InChI is InChI=1S/C27H19FN2S2/c28-22-13-11-19(12-14-22)18-29-23-15-16-24-25(17-23)31-27(30-24)32-26(20-7-3-1-4-8-20)21-9-5-2-6-10-21/h1-18,26H. The Hall–Kier alpha value is -3.28. The Labute approximate surface area is 194 Å². The Morgan fingerprint density at radius 1 is 0.812 bits per heavy atom. The number of fused-ring (bicyclic) bond motifs is 1. The molecule has 5 heteroatoms. The van der Waals surface area contributed by atoms with E-state index in [1.165, 1.54) is 23.3 Å². The lowest BCUT2D eigenvalue weighted by Gasteiger charge is -2.16. The van der Waals surface area contributed by atoms with Crippen LogP contribution in [0.2, 0.25) is 0 Å². The summed E-state index contributed by atoms with van der Waals surface area (Å²) in [6.45, 7) is 0. The summed E-state index contributed by atoms with van der Waals surface area (Å²) in [5.74, 6) is -0.248. The van der Waals surface area contributed by atoms with E-state index in [-0.39, 0.29) is 11.1 Å². The number of hydrogen-bond acceptors (Lipinski definition) is 4. The summed E-state index contributed by atoms with van der Waals surface area (Å²) in [5, 5.41) is 0.175. The monoisotopic (exact) mass is 454 g/mol. The van der Waals surface area contributed by atoms with Gasteiger partial charge in [-0.3, -0.25) is 4.99 Å². The molecule has 0 amide bonds. The van der Waals surface area contributed by atoms with Crippen molar-refractivity contribution in [1.82, 2.24) is 4.98 Å². The number of thiazole rings is 1. The van der Waals surface area contributed by atoms with Crippen molar-refractivity contribution in [3.8, 4) is 0 Å². The summed E-state index contributed by atoms with van der Waals surface area (Å²) in [6.07, 6.45) is 1.75. The van der Waals surface area contributed by atoms with Gasteiger partial charge in [0.2, 0.25) is 0 Å². The van der Waals surface area contributed by atoms with Crippen molar-refractivity contribution >= 4 is 45.2 Å². The van der Waals surface area contributed by atoms with Gasteiger partial charge < -0.3 is 0 Å². The van der Waals surface area contributed by atoms with Gasteiger partial charge in [-0.05, 0) is 47.0 Å². The molecule has 1 heterocycles. The second-order valence-electron chi connectivity index (χ2n) is 7.26. The number of aromatic nitrogens is 1. The van der Waals surface area contributed by atoms with E-state index < -0.39 is 0 Å². The van der Waals surface area contributed by atoms with Crippen LogP contribution in [0, 0.1) is 5.82 Å². The first-order valence-corrected chi connectivity index (χ1v) is 11.9. The lowest BCUT2D eigenvalue weighted by atomic mass is 10.0. The van der Waals surface area contributed by atoms with Gasteiger partial charge in [-0.25, -0.2) is 9.37 Å². The molecule has 0 aliphatic heterocycles. The van der Waals surface area contributed by atoms with E-state index in [1.807, 2.05) is 24.3 Å². The molecule has 32 heavy (non-hydrogen) atoms. The van der Waals surface area contributed by atoms with Gasteiger partial charge in [0.15, 0.2) is 4.34 Å². The highest BCUT2D eigenvalue weighted by molar-refractivity contribution is 8.01. The van der Waals surface area contributed by atoms with Gasteiger partial charge in [0.05, 0.1) is 21.2 Å². The predicted octanol–water partition coefficient (Wildman–Crippen LogP) is 8.07. The fraction of sp³-hybridized carbons (Fsp3) is 0.0370. The first kappa shape index (κ1) is 20.6. The number of halogens is 1. The molecule has 0 radical (unpaired) electrons. The Bertz CT molecular complexity index is 1310. The molecule has 2 nitrogen and oxygen atoms in total. The fourth-order valence-corrected chi connectivity index (χ4v) is 5.83. The van der Waals surface area contributed by atoms with E-state index in [1.54, 1.807) is 41.4 Å².